The van der Waals surface area contributed by atoms with E-state index in [0.29, 0.717) is 49.5 Å². The second-order valence-electron chi connectivity index (χ2n) is 6.51. The zero-order valence-corrected chi connectivity index (χ0v) is 18.7. The average Bonchev–Trinajstić information content (AvgIpc) is 2.66. The fraction of sp³-hybridized carbons (Fsp3) is 0.474. The molecule has 154 valence electrons. The topological polar surface area (TPSA) is 88.8 Å². The molecule has 3 N–H and O–H groups in total. The summed E-state index contributed by atoms with van der Waals surface area (Å²) >= 11 is 3.62. The van der Waals surface area contributed by atoms with Crippen molar-refractivity contribution < 1.29 is 9.47 Å². The van der Waals surface area contributed by atoms with Gasteiger partial charge >= 0.3 is 0 Å². The Labute approximate surface area is 175 Å². The molecule has 0 unspecified atom stereocenters. The summed E-state index contributed by atoms with van der Waals surface area (Å²) in [6, 6.07) is 6.06. The molecule has 1 heterocycles. The Morgan fingerprint density at radius 1 is 1.11 bits per heavy atom. The fourth-order valence-corrected chi connectivity index (χ4v) is 3.11. The summed E-state index contributed by atoms with van der Waals surface area (Å²) in [7, 11) is 7.35. The largest absolute Gasteiger partial charge is 0.393 e. The molecule has 0 aliphatic carbocycles. The van der Waals surface area contributed by atoms with Crippen molar-refractivity contribution in [2.75, 3.05) is 75.5 Å². The van der Waals surface area contributed by atoms with E-state index < -0.39 is 0 Å². The van der Waals surface area contributed by atoms with Crippen LogP contribution < -0.4 is 20.9 Å². The lowest BCUT2D eigenvalue weighted by Crippen LogP contribution is -2.32. The van der Waals surface area contributed by atoms with Gasteiger partial charge in [0.2, 0.25) is 0 Å². The van der Waals surface area contributed by atoms with Crippen LogP contribution in [0.1, 0.15) is 5.82 Å². The molecule has 0 saturated heterocycles. The maximum absolute atomic E-state index is 6.44. The summed E-state index contributed by atoms with van der Waals surface area (Å²) in [5.41, 5.74) is 8.90. The van der Waals surface area contributed by atoms with Gasteiger partial charge in [-0.05, 0) is 41.1 Å². The highest BCUT2D eigenvalue weighted by atomic mass is 79.9. The molecule has 8 nitrogen and oxygen atoms in total. The number of nitrogens with zero attached hydrogens (tertiary/aromatic N) is 4. The number of aryl methyl sites for hydroxylation is 1. The number of nitrogen functional groups attached to an aromatic ring is 1. The van der Waals surface area contributed by atoms with Crippen LogP contribution in [0.4, 0.5) is 28.7 Å². The Balaban J connectivity index is 2.35. The molecular weight excluding hydrogens is 424 g/mol. The highest BCUT2D eigenvalue weighted by molar-refractivity contribution is 9.10. The molecule has 0 aliphatic heterocycles. The van der Waals surface area contributed by atoms with E-state index in [1.807, 2.05) is 49.0 Å². The minimum absolute atomic E-state index is 0.487. The summed E-state index contributed by atoms with van der Waals surface area (Å²) in [6.07, 6.45) is 0. The van der Waals surface area contributed by atoms with Gasteiger partial charge in [0.05, 0.1) is 18.9 Å². The van der Waals surface area contributed by atoms with Crippen molar-refractivity contribution in [3.05, 3.63) is 28.5 Å². The standard InChI is InChI=1S/C19H29BrN6O2/c1-13-22-18(24-16-7-6-14(25(2)3)12-15(16)20)17(21)19(23-13)26(8-10-27-4)9-11-28-5/h6-7,12H,8-11,21H2,1-5H3,(H,22,23,24). The van der Waals surface area contributed by atoms with Crippen molar-refractivity contribution in [1.29, 1.82) is 0 Å². The molecule has 28 heavy (non-hydrogen) atoms. The molecule has 1 aromatic heterocycles. The number of nitrogens with two attached hydrogens (primary N) is 1. The smallest absolute Gasteiger partial charge is 0.159 e. The number of anilines is 5. The third kappa shape index (κ3) is 5.70. The van der Waals surface area contributed by atoms with Crippen LogP contribution >= 0.6 is 15.9 Å². The van der Waals surface area contributed by atoms with Gasteiger partial charge in [-0.3, -0.25) is 0 Å². The maximum Gasteiger partial charge on any atom is 0.159 e. The van der Waals surface area contributed by atoms with Crippen molar-refractivity contribution in [1.82, 2.24) is 9.97 Å². The second kappa shape index (κ2) is 10.4. The van der Waals surface area contributed by atoms with Gasteiger partial charge in [0, 0.05) is 51.6 Å². The predicted octanol–water partition coefficient (Wildman–Crippen LogP) is 3.04. The van der Waals surface area contributed by atoms with Gasteiger partial charge in [-0.2, -0.15) is 0 Å². The average molecular weight is 453 g/mol. The van der Waals surface area contributed by atoms with Crippen molar-refractivity contribution in [3.8, 4) is 0 Å². The van der Waals surface area contributed by atoms with E-state index in [4.69, 9.17) is 15.2 Å². The third-order valence-corrected chi connectivity index (χ3v) is 4.85. The molecule has 0 aliphatic rings. The number of nitrogens with one attached hydrogen (secondary N) is 1. The van der Waals surface area contributed by atoms with Crippen LogP contribution in [0, 0.1) is 6.92 Å². The van der Waals surface area contributed by atoms with Crippen LogP contribution in [0.3, 0.4) is 0 Å². The molecular formula is C19H29BrN6O2. The SMILES string of the molecule is COCCN(CCOC)c1nc(C)nc(Nc2ccc(N(C)C)cc2Br)c1N. The lowest BCUT2D eigenvalue weighted by molar-refractivity contribution is 0.190. The number of hydrogen-bond donors (Lipinski definition) is 2. The van der Waals surface area contributed by atoms with Gasteiger partial charge in [0.25, 0.3) is 0 Å². The number of methoxy groups -OCH3 is 2. The van der Waals surface area contributed by atoms with E-state index in [1.165, 1.54) is 0 Å². The first kappa shape index (κ1) is 22.2. The molecule has 2 aromatic rings. The van der Waals surface area contributed by atoms with Gasteiger partial charge in [0.1, 0.15) is 11.5 Å². The van der Waals surface area contributed by atoms with Gasteiger partial charge in [0.15, 0.2) is 11.6 Å². The van der Waals surface area contributed by atoms with Crippen LogP contribution in [0.15, 0.2) is 22.7 Å². The monoisotopic (exact) mass is 452 g/mol. The summed E-state index contributed by atoms with van der Waals surface area (Å²) in [6.45, 7) is 4.28. The van der Waals surface area contributed by atoms with Crippen molar-refractivity contribution >= 4 is 44.6 Å². The first-order valence-electron chi connectivity index (χ1n) is 8.98. The fourth-order valence-electron chi connectivity index (χ4n) is 2.64. The van der Waals surface area contributed by atoms with Crippen molar-refractivity contribution in [2.45, 2.75) is 6.92 Å². The zero-order chi connectivity index (χ0) is 20.7. The number of aromatic nitrogens is 2. The van der Waals surface area contributed by atoms with Crippen LogP contribution in [-0.4, -0.2) is 64.6 Å². The minimum Gasteiger partial charge on any atom is -0.393 e. The Morgan fingerprint density at radius 2 is 1.75 bits per heavy atom. The normalized spacial score (nSPS) is 10.8. The van der Waals surface area contributed by atoms with Gasteiger partial charge < -0.3 is 30.3 Å². The molecule has 0 amide bonds. The molecule has 9 heteroatoms. The Morgan fingerprint density at radius 3 is 2.29 bits per heavy atom. The lowest BCUT2D eigenvalue weighted by atomic mass is 10.2. The number of rotatable bonds is 10. The zero-order valence-electron chi connectivity index (χ0n) is 17.1. The Kier molecular flexibility index (Phi) is 8.28. The molecule has 0 fully saturated rings. The first-order chi connectivity index (χ1) is 13.4. The summed E-state index contributed by atoms with van der Waals surface area (Å²) in [4.78, 5) is 13.2. The minimum atomic E-state index is 0.487. The maximum atomic E-state index is 6.44. The van der Waals surface area contributed by atoms with Crippen LogP contribution in [-0.2, 0) is 9.47 Å². The number of benzene rings is 1. The van der Waals surface area contributed by atoms with Gasteiger partial charge in [-0.25, -0.2) is 9.97 Å². The van der Waals surface area contributed by atoms with E-state index in [0.717, 1.165) is 15.8 Å². The summed E-state index contributed by atoms with van der Waals surface area (Å²) in [5, 5.41) is 3.32. The molecule has 0 saturated carbocycles. The van der Waals surface area contributed by atoms with Crippen LogP contribution in [0.2, 0.25) is 0 Å². The Hall–Kier alpha value is -2.10. The van der Waals surface area contributed by atoms with E-state index in [1.54, 1.807) is 14.2 Å². The van der Waals surface area contributed by atoms with E-state index in [-0.39, 0.29) is 0 Å². The molecule has 1 aromatic carbocycles. The highest BCUT2D eigenvalue weighted by Crippen LogP contribution is 2.33. The van der Waals surface area contributed by atoms with Crippen LogP contribution in [0.25, 0.3) is 0 Å². The van der Waals surface area contributed by atoms with E-state index in [9.17, 15) is 0 Å². The first-order valence-corrected chi connectivity index (χ1v) is 9.77. The third-order valence-electron chi connectivity index (χ3n) is 4.19. The van der Waals surface area contributed by atoms with E-state index >= 15 is 0 Å². The molecule has 2 rings (SSSR count). The highest BCUT2D eigenvalue weighted by Gasteiger charge is 2.17. The summed E-state index contributed by atoms with van der Waals surface area (Å²) < 4.78 is 11.4. The predicted molar refractivity (Wildman–Crippen MR) is 119 cm³/mol. The lowest BCUT2D eigenvalue weighted by Gasteiger charge is -2.25. The number of halogens is 1. The number of hydrogen-bond acceptors (Lipinski definition) is 8. The summed E-state index contributed by atoms with van der Waals surface area (Å²) in [5.74, 6) is 1.87. The van der Waals surface area contributed by atoms with Crippen molar-refractivity contribution in [3.63, 3.8) is 0 Å². The Bertz CT molecular complexity index is 779. The van der Waals surface area contributed by atoms with Crippen LogP contribution in [0.5, 0.6) is 0 Å². The van der Waals surface area contributed by atoms with Gasteiger partial charge in [-0.15, -0.1) is 0 Å². The quantitative estimate of drug-likeness (QED) is 0.568. The second-order valence-corrected chi connectivity index (χ2v) is 7.37. The molecule has 0 atom stereocenters. The number of ether oxygens (including phenoxy) is 2. The van der Waals surface area contributed by atoms with Crippen molar-refractivity contribution in [2.24, 2.45) is 0 Å². The van der Waals surface area contributed by atoms with Gasteiger partial charge in [-0.1, -0.05) is 0 Å². The van der Waals surface area contributed by atoms with E-state index in [2.05, 4.69) is 31.2 Å². The molecule has 0 bridgehead atoms. The molecule has 0 radical (unpaired) electrons. The molecule has 0 spiro atoms.